The molecule has 0 aliphatic heterocycles. The van der Waals surface area contributed by atoms with Gasteiger partial charge in [0, 0.05) is 13.6 Å². The highest BCUT2D eigenvalue weighted by molar-refractivity contribution is 5.49. The van der Waals surface area contributed by atoms with Gasteiger partial charge < -0.3 is 10.6 Å². The maximum atomic E-state index is 12.8. The molecule has 0 atom stereocenters. The fourth-order valence-electron chi connectivity index (χ4n) is 1.70. The lowest BCUT2D eigenvalue weighted by Gasteiger charge is -2.12. The van der Waals surface area contributed by atoms with Crippen molar-refractivity contribution in [2.45, 2.75) is 12.7 Å². The van der Waals surface area contributed by atoms with Gasteiger partial charge in [-0.2, -0.15) is 13.2 Å². The molecule has 0 amide bonds. The lowest BCUT2D eigenvalue weighted by molar-refractivity contribution is -0.137. The number of pyridine rings is 1. The van der Waals surface area contributed by atoms with Crippen molar-refractivity contribution < 1.29 is 13.2 Å². The third kappa shape index (κ3) is 3.63. The summed E-state index contributed by atoms with van der Waals surface area (Å²) >= 11 is 0. The van der Waals surface area contributed by atoms with Gasteiger partial charge in [-0.05, 0) is 17.7 Å². The van der Waals surface area contributed by atoms with Crippen molar-refractivity contribution >= 4 is 11.6 Å². The summed E-state index contributed by atoms with van der Waals surface area (Å²) in [5, 5.41) is 5.52. The molecule has 0 spiro atoms. The van der Waals surface area contributed by atoms with Crippen molar-refractivity contribution in [2.24, 2.45) is 0 Å². The Bertz CT molecular complexity index is 568. The van der Waals surface area contributed by atoms with Gasteiger partial charge in [-0.3, -0.25) is 0 Å². The summed E-state index contributed by atoms with van der Waals surface area (Å²) in [6.45, 7) is 0.415. The van der Waals surface area contributed by atoms with Crippen LogP contribution in [0.2, 0.25) is 0 Å². The zero-order valence-corrected chi connectivity index (χ0v) is 10.8. The zero-order valence-electron chi connectivity index (χ0n) is 10.8. The number of nitrogens with zero attached hydrogens (tertiary/aromatic N) is 1. The molecule has 1 aromatic heterocycles. The minimum absolute atomic E-state index is 0.176. The Hall–Kier alpha value is -2.24. The van der Waals surface area contributed by atoms with Crippen molar-refractivity contribution in [1.82, 2.24) is 4.98 Å². The molecule has 1 aromatic carbocycles. The van der Waals surface area contributed by atoms with E-state index in [2.05, 4.69) is 15.6 Å². The number of nitrogens with one attached hydrogen (secondary N) is 2. The third-order valence-electron chi connectivity index (χ3n) is 2.73. The maximum Gasteiger partial charge on any atom is 0.416 e. The number of benzene rings is 1. The second-order valence-corrected chi connectivity index (χ2v) is 4.21. The van der Waals surface area contributed by atoms with Gasteiger partial charge in [-0.25, -0.2) is 4.98 Å². The normalized spacial score (nSPS) is 11.2. The van der Waals surface area contributed by atoms with Crippen molar-refractivity contribution in [3.63, 3.8) is 0 Å². The van der Waals surface area contributed by atoms with Crippen LogP contribution in [0.15, 0.2) is 42.5 Å². The van der Waals surface area contributed by atoms with Gasteiger partial charge in [0.1, 0.15) is 11.6 Å². The maximum absolute atomic E-state index is 12.8. The predicted octanol–water partition coefficient (Wildman–Crippen LogP) is 3.75. The first-order valence-electron chi connectivity index (χ1n) is 6.04. The summed E-state index contributed by atoms with van der Waals surface area (Å²) in [5.41, 5.74) is 0.241. The first-order chi connectivity index (χ1) is 9.49. The average molecular weight is 281 g/mol. The summed E-state index contributed by atoms with van der Waals surface area (Å²) in [6.07, 6.45) is -4.39. The number of hydrogen-bond donors (Lipinski definition) is 2. The van der Waals surface area contributed by atoms with Crippen LogP contribution in [0.3, 0.4) is 0 Å². The Morgan fingerprint density at radius 3 is 2.30 bits per heavy atom. The number of rotatable bonds is 4. The summed E-state index contributed by atoms with van der Waals surface area (Å²) < 4.78 is 38.3. The molecule has 0 saturated heterocycles. The van der Waals surface area contributed by atoms with Crippen LogP contribution >= 0.6 is 0 Å². The Kier molecular flexibility index (Phi) is 4.12. The Morgan fingerprint density at radius 1 is 1.05 bits per heavy atom. The van der Waals surface area contributed by atoms with E-state index in [-0.39, 0.29) is 11.6 Å². The quantitative estimate of drug-likeness (QED) is 0.896. The molecule has 3 nitrogen and oxygen atoms in total. The fourth-order valence-corrected chi connectivity index (χ4v) is 1.70. The van der Waals surface area contributed by atoms with Crippen LogP contribution in [-0.4, -0.2) is 12.0 Å². The van der Waals surface area contributed by atoms with Crippen molar-refractivity contribution in [3.05, 3.63) is 53.6 Å². The second kappa shape index (κ2) is 5.81. The monoisotopic (exact) mass is 281 g/mol. The van der Waals surface area contributed by atoms with E-state index in [4.69, 9.17) is 0 Å². The highest BCUT2D eigenvalue weighted by Crippen LogP contribution is 2.32. The molecule has 0 saturated carbocycles. The van der Waals surface area contributed by atoms with Crippen LogP contribution in [0.5, 0.6) is 0 Å². The van der Waals surface area contributed by atoms with Crippen LogP contribution in [-0.2, 0) is 12.7 Å². The minimum atomic E-state index is -4.39. The van der Waals surface area contributed by atoms with Crippen molar-refractivity contribution in [1.29, 1.82) is 0 Å². The van der Waals surface area contributed by atoms with E-state index < -0.39 is 11.7 Å². The van der Waals surface area contributed by atoms with Crippen LogP contribution < -0.4 is 10.6 Å². The van der Waals surface area contributed by atoms with Crippen LogP contribution in [0.1, 0.15) is 11.1 Å². The predicted molar refractivity (Wildman–Crippen MR) is 72.6 cm³/mol. The second-order valence-electron chi connectivity index (χ2n) is 4.21. The van der Waals surface area contributed by atoms with Crippen LogP contribution in [0.4, 0.5) is 24.8 Å². The van der Waals surface area contributed by atoms with Crippen molar-refractivity contribution in [2.75, 3.05) is 17.7 Å². The summed E-state index contributed by atoms with van der Waals surface area (Å²) in [4.78, 5) is 4.06. The molecule has 2 rings (SSSR count). The van der Waals surface area contributed by atoms with Gasteiger partial charge in [-0.1, -0.05) is 30.3 Å². The lowest BCUT2D eigenvalue weighted by atomic mass is 10.2. The first-order valence-corrected chi connectivity index (χ1v) is 6.04. The third-order valence-corrected chi connectivity index (χ3v) is 2.73. The first kappa shape index (κ1) is 14.2. The summed E-state index contributed by atoms with van der Waals surface area (Å²) in [5.74, 6) is 0.364. The Labute approximate surface area is 114 Å². The molecule has 1 heterocycles. The number of aromatic nitrogens is 1. The molecule has 2 aromatic rings. The Balaban J connectivity index is 2.19. The molecular weight excluding hydrogens is 267 g/mol. The molecule has 0 aliphatic rings. The molecule has 0 unspecified atom stereocenters. The smallest absolute Gasteiger partial charge is 0.373 e. The van der Waals surface area contributed by atoms with Gasteiger partial charge >= 0.3 is 6.18 Å². The van der Waals surface area contributed by atoms with Gasteiger partial charge in [-0.15, -0.1) is 0 Å². The molecule has 0 bridgehead atoms. The van der Waals surface area contributed by atoms with E-state index in [9.17, 15) is 13.2 Å². The molecule has 0 radical (unpaired) electrons. The van der Waals surface area contributed by atoms with Crippen LogP contribution in [0.25, 0.3) is 0 Å². The van der Waals surface area contributed by atoms with Gasteiger partial charge in [0.15, 0.2) is 0 Å². The molecule has 2 N–H and O–H groups in total. The average Bonchev–Trinajstić information content (AvgIpc) is 2.45. The molecule has 6 heteroatoms. The van der Waals surface area contributed by atoms with E-state index >= 15 is 0 Å². The lowest BCUT2D eigenvalue weighted by Crippen LogP contribution is -2.09. The van der Waals surface area contributed by atoms with E-state index in [1.165, 1.54) is 7.05 Å². The van der Waals surface area contributed by atoms with Crippen LogP contribution in [0, 0.1) is 0 Å². The minimum Gasteiger partial charge on any atom is -0.373 e. The number of alkyl halides is 3. The zero-order chi connectivity index (χ0) is 14.6. The van der Waals surface area contributed by atoms with E-state index in [0.717, 1.165) is 17.7 Å². The molecule has 106 valence electrons. The topological polar surface area (TPSA) is 37.0 Å². The van der Waals surface area contributed by atoms with Gasteiger partial charge in [0.2, 0.25) is 0 Å². The summed E-state index contributed by atoms with van der Waals surface area (Å²) in [7, 11) is 1.53. The molecule has 20 heavy (non-hydrogen) atoms. The highest BCUT2D eigenvalue weighted by Gasteiger charge is 2.31. The molecule has 0 aliphatic carbocycles. The summed E-state index contributed by atoms with van der Waals surface area (Å²) in [6, 6.07) is 11.4. The van der Waals surface area contributed by atoms with E-state index in [1.54, 1.807) is 0 Å². The number of anilines is 2. The largest absolute Gasteiger partial charge is 0.416 e. The Morgan fingerprint density at radius 2 is 1.70 bits per heavy atom. The van der Waals surface area contributed by atoms with Gasteiger partial charge in [0.05, 0.1) is 5.56 Å². The van der Waals surface area contributed by atoms with Gasteiger partial charge in [0.25, 0.3) is 0 Å². The SMILES string of the molecule is CNc1cc(C(F)(F)F)cc(NCc2ccccc2)n1. The standard InChI is InChI=1S/C14H14F3N3/c1-18-12-7-11(14(15,16)17)8-13(20-12)19-9-10-5-3-2-4-6-10/h2-8H,9H2,1H3,(H2,18,19,20). The number of halogens is 3. The fraction of sp³-hybridized carbons (Fsp3) is 0.214. The number of hydrogen-bond acceptors (Lipinski definition) is 3. The molecule has 0 fully saturated rings. The molecular formula is C14H14F3N3. The van der Waals surface area contributed by atoms with E-state index in [1.807, 2.05) is 30.3 Å². The highest BCUT2D eigenvalue weighted by atomic mass is 19.4. The van der Waals surface area contributed by atoms with Crippen molar-refractivity contribution in [3.8, 4) is 0 Å². The van der Waals surface area contributed by atoms with E-state index in [0.29, 0.717) is 6.54 Å².